The molecule has 1 saturated heterocycles. The molecule has 1 amide bonds. The lowest BCUT2D eigenvalue weighted by Crippen LogP contribution is -2.39. The quantitative estimate of drug-likeness (QED) is 0.783. The fraction of sp³-hybridized carbons (Fsp3) is 0.438. The Kier molecular flexibility index (Phi) is 6.11. The van der Waals surface area contributed by atoms with Crippen molar-refractivity contribution in [3.63, 3.8) is 0 Å². The van der Waals surface area contributed by atoms with Crippen LogP contribution < -0.4 is 5.73 Å². The van der Waals surface area contributed by atoms with Gasteiger partial charge in [0.2, 0.25) is 0 Å². The number of amides is 1. The highest BCUT2D eigenvalue weighted by Gasteiger charge is 2.32. The minimum Gasteiger partial charge on any atom is -0.364 e. The van der Waals surface area contributed by atoms with E-state index in [1.807, 2.05) is 0 Å². The predicted molar refractivity (Wildman–Crippen MR) is 86.7 cm³/mol. The zero-order valence-electron chi connectivity index (χ0n) is 12.3. The summed E-state index contributed by atoms with van der Waals surface area (Å²) in [5.41, 5.74) is 6.03. The first kappa shape index (κ1) is 17.1. The molecular weight excluding hydrogens is 351 g/mol. The molecule has 0 aliphatic carbocycles. The predicted octanol–water partition coefficient (Wildman–Crippen LogP) is 2.61. The summed E-state index contributed by atoms with van der Waals surface area (Å²) >= 11 is 3.32. The van der Waals surface area contributed by atoms with Crippen molar-refractivity contribution in [3.05, 3.63) is 46.7 Å². The van der Waals surface area contributed by atoms with Gasteiger partial charge in [-0.1, -0.05) is 22.0 Å². The molecule has 1 aliphatic heterocycles. The Morgan fingerprint density at radius 2 is 2.32 bits per heavy atom. The topological polar surface area (TPSA) is 55.6 Å². The monoisotopic (exact) mass is 370 g/mol. The average Bonchev–Trinajstić information content (AvgIpc) is 2.98. The van der Waals surface area contributed by atoms with Gasteiger partial charge in [0.15, 0.2) is 0 Å². The Hall–Kier alpha value is -1.24. The average molecular weight is 371 g/mol. The van der Waals surface area contributed by atoms with Gasteiger partial charge < -0.3 is 15.4 Å². The van der Waals surface area contributed by atoms with Crippen molar-refractivity contribution in [2.45, 2.75) is 31.6 Å². The maximum absolute atomic E-state index is 13.9. The van der Waals surface area contributed by atoms with E-state index in [1.165, 1.54) is 6.07 Å². The van der Waals surface area contributed by atoms with Gasteiger partial charge in [0.25, 0.3) is 5.91 Å². The largest absolute Gasteiger partial charge is 0.364 e. The first-order valence-electron chi connectivity index (χ1n) is 7.24. The van der Waals surface area contributed by atoms with Crippen LogP contribution in [0, 0.1) is 5.82 Å². The molecule has 2 atom stereocenters. The lowest BCUT2D eigenvalue weighted by molar-refractivity contribution is -0.142. The van der Waals surface area contributed by atoms with Crippen LogP contribution in [0.5, 0.6) is 0 Å². The Morgan fingerprint density at radius 3 is 2.95 bits per heavy atom. The van der Waals surface area contributed by atoms with Gasteiger partial charge in [-0.15, -0.1) is 6.58 Å². The Bertz CT molecular complexity index is 553. The number of ether oxygens (including phenoxy) is 1. The number of hydrogen-bond donors (Lipinski definition) is 1. The lowest BCUT2D eigenvalue weighted by Gasteiger charge is -2.25. The fourth-order valence-electron chi connectivity index (χ4n) is 2.52. The van der Waals surface area contributed by atoms with E-state index >= 15 is 0 Å². The minimum atomic E-state index is -0.497. The molecule has 4 nitrogen and oxygen atoms in total. The Labute approximate surface area is 138 Å². The van der Waals surface area contributed by atoms with Gasteiger partial charge in [-0.3, -0.25) is 4.79 Å². The number of benzene rings is 1. The number of carbonyl (C=O) groups excluding carboxylic acids is 1. The molecular formula is C16H20BrFN2O2. The Morgan fingerprint density at radius 1 is 1.55 bits per heavy atom. The van der Waals surface area contributed by atoms with Gasteiger partial charge in [-0.25, -0.2) is 4.39 Å². The van der Waals surface area contributed by atoms with Gasteiger partial charge in [0.05, 0.1) is 6.10 Å². The molecule has 0 unspecified atom stereocenters. The first-order valence-corrected chi connectivity index (χ1v) is 8.03. The number of nitrogens with two attached hydrogens (primary N) is 1. The van der Waals surface area contributed by atoms with Crippen molar-refractivity contribution >= 4 is 21.8 Å². The summed E-state index contributed by atoms with van der Waals surface area (Å²) in [6.07, 6.45) is 2.49. The molecule has 22 heavy (non-hydrogen) atoms. The van der Waals surface area contributed by atoms with Crippen molar-refractivity contribution in [2.75, 3.05) is 13.1 Å². The van der Waals surface area contributed by atoms with E-state index in [-0.39, 0.29) is 24.4 Å². The summed E-state index contributed by atoms with van der Waals surface area (Å²) in [5.74, 6) is -0.479. The molecule has 120 valence electrons. The van der Waals surface area contributed by atoms with Crippen LogP contribution in [-0.4, -0.2) is 36.1 Å². The number of hydrogen-bond acceptors (Lipinski definition) is 3. The standard InChI is InChI=1S/C16H20BrFN2O2/c1-2-7-20(10-11-8-12(17)3-5-14(11)18)16(21)15-6-4-13(9-19)22-15/h2-3,5,8,13,15H,1,4,6-7,9-10,19H2/t13-,15+/m1/s1. The van der Waals surface area contributed by atoms with Crippen LogP contribution in [0.25, 0.3) is 0 Å². The SMILES string of the molecule is C=CCN(Cc1cc(Br)ccc1F)C(=O)[C@@H]1CC[C@H](CN)O1. The van der Waals surface area contributed by atoms with Crippen LogP contribution >= 0.6 is 15.9 Å². The van der Waals surface area contributed by atoms with Crippen LogP contribution in [0.3, 0.4) is 0 Å². The van der Waals surface area contributed by atoms with E-state index in [4.69, 9.17) is 10.5 Å². The van der Waals surface area contributed by atoms with Crippen LogP contribution in [0.2, 0.25) is 0 Å². The van der Waals surface area contributed by atoms with E-state index in [2.05, 4.69) is 22.5 Å². The highest BCUT2D eigenvalue weighted by molar-refractivity contribution is 9.10. The third kappa shape index (κ3) is 4.15. The second-order valence-electron chi connectivity index (χ2n) is 5.30. The molecule has 0 bridgehead atoms. The second-order valence-corrected chi connectivity index (χ2v) is 6.22. The van der Waals surface area contributed by atoms with E-state index in [0.717, 1.165) is 10.9 Å². The highest BCUT2D eigenvalue weighted by Crippen LogP contribution is 2.23. The van der Waals surface area contributed by atoms with Gasteiger partial charge in [-0.05, 0) is 31.0 Å². The van der Waals surface area contributed by atoms with Crippen molar-refractivity contribution in [1.82, 2.24) is 4.90 Å². The third-order valence-electron chi connectivity index (χ3n) is 3.68. The van der Waals surface area contributed by atoms with E-state index in [9.17, 15) is 9.18 Å². The number of rotatable bonds is 6. The summed E-state index contributed by atoms with van der Waals surface area (Å²) in [7, 11) is 0. The summed E-state index contributed by atoms with van der Waals surface area (Å²) in [6, 6.07) is 4.69. The molecule has 2 N–H and O–H groups in total. The molecule has 1 heterocycles. The molecule has 0 saturated carbocycles. The fourth-order valence-corrected chi connectivity index (χ4v) is 2.93. The lowest BCUT2D eigenvalue weighted by atomic mass is 10.1. The van der Waals surface area contributed by atoms with Crippen LogP contribution in [0.4, 0.5) is 4.39 Å². The van der Waals surface area contributed by atoms with Crippen molar-refractivity contribution in [2.24, 2.45) is 5.73 Å². The third-order valence-corrected chi connectivity index (χ3v) is 4.17. The summed E-state index contributed by atoms with van der Waals surface area (Å²) in [6.45, 7) is 4.60. The van der Waals surface area contributed by atoms with E-state index in [0.29, 0.717) is 25.1 Å². The second kappa shape index (κ2) is 7.85. The summed E-state index contributed by atoms with van der Waals surface area (Å²) in [4.78, 5) is 14.1. The smallest absolute Gasteiger partial charge is 0.252 e. The molecule has 0 spiro atoms. The number of carbonyl (C=O) groups is 1. The zero-order valence-corrected chi connectivity index (χ0v) is 13.9. The Balaban J connectivity index is 2.10. The molecule has 1 aliphatic rings. The number of halogens is 2. The molecule has 6 heteroatoms. The van der Waals surface area contributed by atoms with E-state index in [1.54, 1.807) is 23.1 Å². The summed E-state index contributed by atoms with van der Waals surface area (Å²) < 4.78 is 20.3. The van der Waals surface area contributed by atoms with Crippen LogP contribution in [-0.2, 0) is 16.1 Å². The van der Waals surface area contributed by atoms with Crippen molar-refractivity contribution in [1.29, 1.82) is 0 Å². The van der Waals surface area contributed by atoms with Crippen LogP contribution in [0.15, 0.2) is 35.3 Å². The molecule has 1 fully saturated rings. The van der Waals surface area contributed by atoms with Gasteiger partial charge >= 0.3 is 0 Å². The zero-order chi connectivity index (χ0) is 16.1. The summed E-state index contributed by atoms with van der Waals surface area (Å²) in [5, 5.41) is 0. The molecule has 1 aromatic rings. The number of nitrogens with zero attached hydrogens (tertiary/aromatic N) is 1. The molecule has 0 radical (unpaired) electrons. The first-order chi connectivity index (χ1) is 10.5. The van der Waals surface area contributed by atoms with Crippen molar-refractivity contribution in [3.8, 4) is 0 Å². The van der Waals surface area contributed by atoms with Crippen LogP contribution in [0.1, 0.15) is 18.4 Å². The highest BCUT2D eigenvalue weighted by atomic mass is 79.9. The van der Waals surface area contributed by atoms with Gasteiger partial charge in [0, 0.05) is 29.7 Å². The van der Waals surface area contributed by atoms with Crippen molar-refractivity contribution < 1.29 is 13.9 Å². The minimum absolute atomic E-state index is 0.0675. The maximum Gasteiger partial charge on any atom is 0.252 e. The molecule has 0 aromatic heterocycles. The maximum atomic E-state index is 13.9. The molecule has 1 aromatic carbocycles. The van der Waals surface area contributed by atoms with E-state index < -0.39 is 6.10 Å². The van der Waals surface area contributed by atoms with Gasteiger partial charge in [0.1, 0.15) is 11.9 Å². The normalized spacial score (nSPS) is 20.9. The van der Waals surface area contributed by atoms with Gasteiger partial charge in [-0.2, -0.15) is 0 Å². The molecule has 2 rings (SSSR count).